The lowest BCUT2D eigenvalue weighted by molar-refractivity contribution is -0.385. The van der Waals surface area contributed by atoms with Gasteiger partial charge in [-0.1, -0.05) is 110 Å². The zero-order valence-corrected chi connectivity index (χ0v) is 36.1. The van der Waals surface area contributed by atoms with Gasteiger partial charge in [0, 0.05) is 49.5 Å². The average molecular weight is 898 g/mol. The molecule has 0 radical (unpaired) electrons. The number of thiocarbonyl (C=S) groups is 1. The number of rotatable bonds is 16. The molecular weight excluding hydrogens is 858 g/mol. The summed E-state index contributed by atoms with van der Waals surface area (Å²) >= 11 is 6.03. The third-order valence-corrected chi connectivity index (χ3v) is 15.7. The number of nitro groups is 2. The standard InChI is InChI=1S/C47H40N5O10PS/c1-31(42(64)43-48-27-12-28-49-43)41-40(32(2)62-47(55)61-30-34-21-25-36(26-22-34)52(58)59)44(53)50(41)45(46(54)60-29-33-19-23-35(24-20-33)51(56)57)63(37-13-6-3-7-14-37,38-15-8-4-9-16-38)39-17-10-5-11-18-39/h3-28,31-32,40-41H,29-30H2,1-2H3/t31-,32+,40+,41+/m0/s1. The minimum atomic E-state index is -3.43. The van der Waals surface area contributed by atoms with Crippen LogP contribution in [0.1, 0.15) is 30.8 Å². The van der Waals surface area contributed by atoms with Crippen molar-refractivity contribution in [3.8, 4) is 0 Å². The first-order valence-electron chi connectivity index (χ1n) is 20.0. The fourth-order valence-electron chi connectivity index (χ4n) is 7.78. The number of benzene rings is 5. The molecule has 1 aromatic heterocycles. The summed E-state index contributed by atoms with van der Waals surface area (Å²) in [5.41, 5.74) is 0.701. The first kappa shape index (κ1) is 44.6. The van der Waals surface area contributed by atoms with Crippen molar-refractivity contribution in [2.75, 3.05) is 0 Å². The number of esters is 1. The predicted molar refractivity (Wildman–Crippen MR) is 244 cm³/mol. The molecule has 0 spiro atoms. The molecule has 6 aromatic rings. The summed E-state index contributed by atoms with van der Waals surface area (Å²) in [6.45, 7) is -0.639. The number of hydrogen-bond donors (Lipinski definition) is 0. The zero-order valence-electron chi connectivity index (χ0n) is 34.4. The molecule has 4 atom stereocenters. The van der Waals surface area contributed by atoms with E-state index >= 15 is 9.59 Å². The molecule has 324 valence electrons. The molecule has 1 fully saturated rings. The summed E-state index contributed by atoms with van der Waals surface area (Å²) in [7, 11) is 0. The van der Waals surface area contributed by atoms with Gasteiger partial charge in [-0.05, 0) is 64.3 Å². The molecule has 64 heavy (non-hydrogen) atoms. The zero-order chi connectivity index (χ0) is 45.4. The lowest BCUT2D eigenvalue weighted by Crippen LogP contribution is -2.71. The summed E-state index contributed by atoms with van der Waals surface area (Å²) < 4.78 is 17.3. The third kappa shape index (κ3) is 9.19. The normalized spacial score (nSPS) is 15.5. The van der Waals surface area contributed by atoms with Crippen LogP contribution in [0.25, 0.3) is 0 Å². The molecule has 1 aliphatic heterocycles. The summed E-state index contributed by atoms with van der Waals surface area (Å²) in [5.74, 6) is -2.96. The molecule has 1 amide bonds. The molecule has 0 bridgehead atoms. The second kappa shape index (κ2) is 19.7. The molecule has 0 unspecified atom stereocenters. The molecule has 15 nitrogen and oxygen atoms in total. The molecule has 7 rings (SSSR count). The molecular formula is C47H40N5O10PS. The van der Waals surface area contributed by atoms with Crippen LogP contribution >= 0.6 is 19.1 Å². The monoisotopic (exact) mass is 897 g/mol. The summed E-state index contributed by atoms with van der Waals surface area (Å²) in [6, 6.07) is 40.0. The summed E-state index contributed by atoms with van der Waals surface area (Å²) in [5, 5.41) is 24.7. The number of amides is 1. The number of β-lactam (4-membered cyclic amide) rings is 1. The van der Waals surface area contributed by atoms with Crippen LogP contribution in [0.2, 0.25) is 0 Å². The fourth-order valence-corrected chi connectivity index (χ4v) is 12.4. The van der Waals surface area contributed by atoms with Crippen molar-refractivity contribution in [3.63, 3.8) is 0 Å². The maximum absolute atomic E-state index is 15.4. The van der Waals surface area contributed by atoms with E-state index in [-0.39, 0.29) is 40.7 Å². The Balaban J connectivity index is 1.38. The number of non-ortho nitro benzene ring substituents is 2. The Morgan fingerprint density at radius 2 is 1.12 bits per heavy atom. The van der Waals surface area contributed by atoms with Gasteiger partial charge < -0.3 is 19.1 Å². The van der Waals surface area contributed by atoms with Crippen LogP contribution in [0.15, 0.2) is 158 Å². The molecule has 17 heteroatoms. The van der Waals surface area contributed by atoms with Gasteiger partial charge in [0.25, 0.3) is 11.4 Å². The van der Waals surface area contributed by atoms with Crippen LogP contribution in [-0.4, -0.2) is 65.2 Å². The van der Waals surface area contributed by atoms with Gasteiger partial charge in [0.15, 0.2) is 5.82 Å². The van der Waals surface area contributed by atoms with Crippen molar-refractivity contribution in [2.24, 2.45) is 11.8 Å². The second-order valence-corrected chi connectivity index (χ2v) is 18.5. The van der Waals surface area contributed by atoms with Crippen LogP contribution in [-0.2, 0) is 37.0 Å². The average Bonchev–Trinajstić information content (AvgIpc) is 3.32. The number of ether oxygens (including phenoxy) is 3. The van der Waals surface area contributed by atoms with E-state index in [1.807, 2.05) is 91.0 Å². The molecule has 1 saturated heterocycles. The molecule has 1 aliphatic rings. The number of nitro benzene ring substituents is 2. The molecule has 0 N–H and O–H groups in total. The number of hydrogen-bond acceptors (Lipinski definition) is 13. The van der Waals surface area contributed by atoms with E-state index in [4.69, 9.17) is 26.4 Å². The van der Waals surface area contributed by atoms with E-state index in [1.165, 1.54) is 53.4 Å². The topological polar surface area (TPSA) is 194 Å². The number of aromatic nitrogens is 2. The van der Waals surface area contributed by atoms with Gasteiger partial charge in [-0.2, -0.15) is 0 Å². The smallest absolute Gasteiger partial charge is 0.456 e. The number of nitrogens with zero attached hydrogens (tertiary/aromatic N) is 5. The highest BCUT2D eigenvalue weighted by Gasteiger charge is 2.59. The minimum Gasteiger partial charge on any atom is -0.456 e. The van der Waals surface area contributed by atoms with Gasteiger partial charge >= 0.3 is 12.1 Å². The predicted octanol–water partition coefficient (Wildman–Crippen LogP) is 7.08. The van der Waals surface area contributed by atoms with Gasteiger partial charge in [-0.15, -0.1) is 0 Å². The highest BCUT2D eigenvalue weighted by atomic mass is 32.1. The summed E-state index contributed by atoms with van der Waals surface area (Å²) in [6.07, 6.45) is 0.859. The van der Waals surface area contributed by atoms with Crippen molar-refractivity contribution in [2.45, 2.75) is 39.2 Å². The van der Waals surface area contributed by atoms with Gasteiger partial charge in [0.2, 0.25) is 5.91 Å². The van der Waals surface area contributed by atoms with Crippen molar-refractivity contribution in [1.29, 1.82) is 0 Å². The van der Waals surface area contributed by atoms with Gasteiger partial charge in [-0.3, -0.25) is 25.0 Å². The lowest BCUT2D eigenvalue weighted by atomic mass is 9.75. The van der Waals surface area contributed by atoms with Gasteiger partial charge in [0.05, 0.1) is 26.7 Å². The highest BCUT2D eigenvalue weighted by molar-refractivity contribution is 7.96. The van der Waals surface area contributed by atoms with Crippen LogP contribution in [0, 0.1) is 32.1 Å². The molecule has 0 saturated carbocycles. The second-order valence-electron chi connectivity index (χ2n) is 14.7. The largest absolute Gasteiger partial charge is 0.508 e. The van der Waals surface area contributed by atoms with Crippen molar-refractivity contribution >= 4 is 74.7 Å². The first-order valence-corrected chi connectivity index (χ1v) is 22.2. The molecule has 0 aliphatic carbocycles. The van der Waals surface area contributed by atoms with Crippen LogP contribution in [0.5, 0.6) is 0 Å². The van der Waals surface area contributed by atoms with E-state index in [1.54, 1.807) is 32.3 Å². The van der Waals surface area contributed by atoms with E-state index in [0.717, 1.165) is 15.9 Å². The fraction of sp³-hybridized carbons (Fsp3) is 0.170. The Bertz CT molecular complexity index is 2630. The van der Waals surface area contributed by atoms with E-state index in [9.17, 15) is 25.0 Å². The minimum absolute atomic E-state index is 0.0286. The number of likely N-dealkylation sites (tertiary alicyclic amines) is 1. The Labute approximate surface area is 372 Å². The van der Waals surface area contributed by atoms with Crippen molar-refractivity contribution in [1.82, 2.24) is 14.9 Å². The molecule has 5 aromatic carbocycles. The highest BCUT2D eigenvalue weighted by Crippen LogP contribution is 2.51. The van der Waals surface area contributed by atoms with Gasteiger partial charge in [-0.25, -0.2) is 19.6 Å². The van der Waals surface area contributed by atoms with Crippen molar-refractivity contribution < 1.29 is 38.4 Å². The van der Waals surface area contributed by atoms with E-state index < -0.39 is 58.7 Å². The Morgan fingerprint density at radius 3 is 1.56 bits per heavy atom. The SMILES string of the molecule is C[C@H](C(=S)c1ncccn1)[C@@H]1[C@@H]([C@@H](C)OC(=O)OCc2ccc([N+](=O)[O-])cc2)C(=O)N1C(C(=O)OCc1ccc([N+](=O)[O-])cc1)=P(c1ccccc1)(c1ccccc1)c1ccccc1. The third-order valence-electron chi connectivity index (χ3n) is 10.9. The van der Waals surface area contributed by atoms with Crippen LogP contribution in [0.3, 0.4) is 0 Å². The Hall–Kier alpha value is -7.42. The quantitative estimate of drug-likeness (QED) is 0.0182. The maximum atomic E-state index is 15.4. The van der Waals surface area contributed by atoms with E-state index in [2.05, 4.69) is 9.97 Å². The Morgan fingerprint density at radius 1 is 0.688 bits per heavy atom. The lowest BCUT2D eigenvalue weighted by Gasteiger charge is -2.53. The maximum Gasteiger partial charge on any atom is 0.508 e. The molecule has 2 heterocycles. The summed E-state index contributed by atoms with van der Waals surface area (Å²) in [4.78, 5) is 76.0. The van der Waals surface area contributed by atoms with Crippen molar-refractivity contribution in [3.05, 3.63) is 195 Å². The number of carbonyl (C=O) groups excluding carboxylic acids is 3. The van der Waals surface area contributed by atoms with Crippen LogP contribution in [0.4, 0.5) is 16.2 Å². The first-order chi connectivity index (χ1) is 30.9. The Kier molecular flexibility index (Phi) is 13.8. The van der Waals surface area contributed by atoms with E-state index in [0.29, 0.717) is 11.1 Å². The number of carbonyl (C=O) groups is 3. The van der Waals surface area contributed by atoms with Crippen LogP contribution < -0.4 is 15.9 Å². The van der Waals surface area contributed by atoms with Gasteiger partial charge in [0.1, 0.15) is 24.7 Å².